The van der Waals surface area contributed by atoms with Crippen LogP contribution in [0.1, 0.15) is 153 Å². The third kappa shape index (κ3) is 28.8. The molecular weight excluding hydrogens is 1760 g/mol. The van der Waals surface area contributed by atoms with Crippen LogP contribution < -0.4 is 54.4 Å². The number of carbonyl (C=O) groups is 18. The van der Waals surface area contributed by atoms with Crippen LogP contribution in [0.5, 0.6) is 5.75 Å². The number of aromatic hydroxyl groups is 1. The molecule has 20 N–H and O–H groups in total. The number of nitrogens with zero attached hydrogens (tertiary/aromatic N) is 6. The summed E-state index contributed by atoms with van der Waals surface area (Å²) >= 11 is 0.882. The van der Waals surface area contributed by atoms with E-state index in [9.17, 15) is 68.4 Å². The summed E-state index contributed by atoms with van der Waals surface area (Å²) < 4.78 is 0. The van der Waals surface area contributed by atoms with Crippen LogP contribution in [0.15, 0.2) is 97.7 Å². The number of H-pyrrole nitrogens is 3. The number of aliphatic carboxylic acids is 1. The zero-order valence-electron chi connectivity index (χ0n) is 76.3. The summed E-state index contributed by atoms with van der Waals surface area (Å²) in [5.41, 5.74) is 20.3. The Balaban J connectivity index is 1.10. The van der Waals surface area contributed by atoms with Crippen LogP contribution in [-0.2, 0) is 112 Å². The summed E-state index contributed by atoms with van der Waals surface area (Å²) in [4.78, 5) is 281. The van der Waals surface area contributed by atoms with E-state index in [4.69, 9.17) is 17.2 Å². The van der Waals surface area contributed by atoms with Gasteiger partial charge in [0.25, 0.3) is 0 Å². The Morgan fingerprint density at radius 1 is 0.582 bits per heavy atom. The molecule has 134 heavy (non-hydrogen) atoms. The molecule has 0 bridgehead atoms. The van der Waals surface area contributed by atoms with Gasteiger partial charge in [0, 0.05) is 162 Å². The molecule has 3 saturated heterocycles. The lowest BCUT2D eigenvalue weighted by Crippen LogP contribution is -2.61. The molecule has 3 aromatic heterocycles. The van der Waals surface area contributed by atoms with Gasteiger partial charge in [0.1, 0.15) is 72.0 Å². The van der Waals surface area contributed by atoms with Crippen LogP contribution in [0.4, 0.5) is 0 Å². The molecule has 0 unspecified atom stereocenters. The molecule has 3 aliphatic heterocycles. The predicted molar refractivity (Wildman–Crippen MR) is 490 cm³/mol. The van der Waals surface area contributed by atoms with Gasteiger partial charge < -0.3 is 114 Å². The van der Waals surface area contributed by atoms with Gasteiger partial charge in [0.15, 0.2) is 11.6 Å². The number of rotatable bonds is 26. The van der Waals surface area contributed by atoms with E-state index in [2.05, 4.69) is 57.2 Å². The van der Waals surface area contributed by atoms with Gasteiger partial charge in [-0.2, -0.15) is 11.8 Å². The number of aliphatic hydroxyl groups is 2. The second-order valence-corrected chi connectivity index (χ2v) is 36.0. The number of carboxylic acids is 1. The quantitative estimate of drug-likeness (QED) is 0.0330. The third-order valence-corrected chi connectivity index (χ3v) is 25.7. The maximum absolute atomic E-state index is 15.8. The normalized spacial score (nSPS) is 25.0. The number of carboxylic acid groups (broad SMARTS) is 1. The van der Waals surface area contributed by atoms with Crippen molar-refractivity contribution in [1.29, 1.82) is 0 Å². The van der Waals surface area contributed by atoms with Gasteiger partial charge in [0.05, 0.1) is 42.8 Å². The minimum absolute atomic E-state index is 0.00403. The van der Waals surface area contributed by atoms with E-state index < -0.39 is 273 Å². The van der Waals surface area contributed by atoms with Crippen molar-refractivity contribution in [2.45, 2.75) is 235 Å². The Morgan fingerprint density at radius 3 is 1.77 bits per heavy atom. The predicted octanol–water partition coefficient (Wildman–Crippen LogP) is -0.364. The SMILES string of the molecule is CCCC[C@H]1C(=O)N[C@@H](CC(C)C)C(=O)C[C@H](C(=O)CCC(N)=O)CSCC(=O)N[C@@H](Cc2ccc(O)cc2)C(=O)N(C)[C@@H](C)C(=O)C[C@@H](CC(N)=O)C(=O)N2CCC[C@H]2C(=O)N[C@@H](Cc2cnc[nH]2)C(=O)N[C@@H](CCC(=O)O)C(=O)N2C[C@H](O)C[C@H]2C(=O)N[C@@H](Cc2c[nH]c3ccccc23)C(=O)N[C@@H](CCN)C(=O)N[C@@H](Cc2c[nH]c3ccccc23)C(=O)N(CCO)[C@@H](C)C(=O)N1C. The van der Waals surface area contributed by atoms with Crippen molar-refractivity contribution in [3.63, 3.8) is 0 Å². The summed E-state index contributed by atoms with van der Waals surface area (Å²) in [7, 11) is 2.58. The van der Waals surface area contributed by atoms with E-state index in [1.165, 1.54) is 64.7 Å². The molecule has 3 fully saturated rings. The number of ketones is 3. The van der Waals surface area contributed by atoms with Gasteiger partial charge in [-0.3, -0.25) is 86.3 Å². The molecule has 14 amide bonds. The maximum Gasteiger partial charge on any atom is 0.303 e. The largest absolute Gasteiger partial charge is 0.508 e. The topological polar surface area (TPSA) is 627 Å². The number of Topliss-reactive ketones (excluding diaryl/α,β-unsaturated/α-hetero) is 3. The number of phenols is 1. The van der Waals surface area contributed by atoms with E-state index >= 15 is 38.4 Å². The number of unbranched alkanes of at least 4 members (excludes halogenated alkanes) is 1. The number of likely N-dealkylation sites (N-methyl/N-ethyl adjacent to an activating group) is 2. The monoisotopic (exact) mass is 1880 g/mol. The number of aromatic nitrogens is 4. The van der Waals surface area contributed by atoms with Crippen molar-refractivity contribution in [2.75, 3.05) is 58.4 Å². The first kappa shape index (κ1) is 105. The van der Waals surface area contributed by atoms with Crippen LogP contribution in [0.3, 0.4) is 0 Å². The molecular formula is C92H125N19O22S. The summed E-state index contributed by atoms with van der Waals surface area (Å²) in [6, 6.07) is 1.02. The standard InChI is InChI=1S/C92H125N19O22S/c1-8-9-19-72-85(126)103-67(34-50(2)3)77(117)39-57(75(115)26-27-78(94)118)47-134-48-80(120)100-70(35-53-21-23-59(113)24-22-53)90(131)107(6)51(4)76(116)38-54(40-79(95)119)89(130)110-31-14-20-73(110)86(127)105-69(41-58-45-96-49-99-58)84(125)102-66(25-28-81(121)122)91(132)111-46-60(114)42-74(111)87(128)104-68(36-55-43-97-63-17-12-10-15-61(55)63)83(124)101-65(29-30-93)82(123)106-71(37-56-44-98-64-18-13-11-16-62(56)64)92(133)109(32-33-112)52(5)88(129)108(72)7/h10-13,15-18,21-24,43-45,49-52,54,57,60,65-74,97-98,112-114H,8-9,14,19-20,25-42,46-48,93H2,1-7H3,(H2,94,118)(H2,95,119)(H,96,99)(H,100,120)(H,101,124)(H,102,125)(H,103,126)(H,104,128)(H,105,127)(H,106,123)(H,121,122)/t51-,52-,54-,57-,60+,65-,66-,67-,68-,69-,70-,71-,72-,73-,74-/m0/s1. The molecule has 0 saturated carbocycles. The van der Waals surface area contributed by atoms with Gasteiger partial charge in [-0.1, -0.05) is 82.1 Å². The van der Waals surface area contributed by atoms with E-state index in [0.29, 0.717) is 51.3 Å². The van der Waals surface area contributed by atoms with E-state index in [-0.39, 0.29) is 94.0 Å². The van der Waals surface area contributed by atoms with Crippen molar-refractivity contribution in [3.05, 3.63) is 120 Å². The number of fused-ring (bicyclic) bond motifs is 4. The van der Waals surface area contributed by atoms with Crippen LogP contribution in [0, 0.1) is 17.8 Å². The number of hydrogen-bond donors (Lipinski definition) is 17. The average Bonchev–Trinajstić information content (AvgIpc) is 1.62. The number of imidazole rings is 1. The molecule has 3 aliphatic rings. The first-order valence-corrected chi connectivity index (χ1v) is 46.3. The van der Waals surface area contributed by atoms with Crippen molar-refractivity contribution >= 4 is 140 Å². The molecule has 0 radical (unpaired) electrons. The molecule has 726 valence electrons. The molecule has 42 heteroatoms. The Kier molecular flexibility index (Phi) is 38.8. The number of aliphatic hydroxyl groups excluding tert-OH is 2. The number of para-hydroxylation sites is 2. The Labute approximate surface area is 778 Å². The number of phenolic OH excluding ortho intramolecular Hbond substituents is 1. The van der Waals surface area contributed by atoms with E-state index in [0.717, 1.165) is 36.3 Å². The summed E-state index contributed by atoms with van der Waals surface area (Å²) in [6.07, 6.45) is -1.02. The average molecular weight is 1880 g/mol. The number of thioether (sulfide) groups is 1. The lowest BCUT2D eigenvalue weighted by Gasteiger charge is -2.36. The summed E-state index contributed by atoms with van der Waals surface area (Å²) in [5, 5.41) is 62.8. The third-order valence-electron chi connectivity index (χ3n) is 24.6. The Morgan fingerprint density at radius 2 is 1.17 bits per heavy atom. The van der Waals surface area contributed by atoms with Crippen LogP contribution in [0.2, 0.25) is 0 Å². The maximum atomic E-state index is 15.8. The van der Waals surface area contributed by atoms with Crippen molar-refractivity contribution in [2.24, 2.45) is 35.0 Å². The number of nitrogens with one attached hydrogen (secondary N) is 10. The van der Waals surface area contributed by atoms with Crippen molar-refractivity contribution in [3.8, 4) is 5.75 Å². The first-order chi connectivity index (χ1) is 63.8. The molecule has 0 spiro atoms. The second-order valence-electron chi connectivity index (χ2n) is 35.0. The molecule has 6 aromatic rings. The molecule has 9 rings (SSSR count). The number of nitrogens with two attached hydrogens (primary N) is 3. The van der Waals surface area contributed by atoms with Gasteiger partial charge in [-0.05, 0) is 106 Å². The van der Waals surface area contributed by atoms with Gasteiger partial charge in [0.2, 0.25) is 82.7 Å². The first-order valence-electron chi connectivity index (χ1n) is 45.1. The van der Waals surface area contributed by atoms with Gasteiger partial charge >= 0.3 is 5.97 Å². The van der Waals surface area contributed by atoms with E-state index in [1.807, 2.05) is 6.92 Å². The van der Waals surface area contributed by atoms with Crippen LogP contribution in [0.25, 0.3) is 21.8 Å². The molecule has 41 nitrogen and oxygen atoms in total. The Bertz CT molecular complexity index is 5200. The lowest BCUT2D eigenvalue weighted by molar-refractivity contribution is -0.150. The van der Waals surface area contributed by atoms with Crippen molar-refractivity contribution < 1.29 is 107 Å². The van der Waals surface area contributed by atoms with Gasteiger partial charge in [-0.25, -0.2) is 4.98 Å². The minimum Gasteiger partial charge on any atom is -0.508 e. The molecule has 6 heterocycles. The highest BCUT2D eigenvalue weighted by Gasteiger charge is 2.47. The fourth-order valence-electron chi connectivity index (χ4n) is 17.2. The highest BCUT2D eigenvalue weighted by atomic mass is 32.2. The highest BCUT2D eigenvalue weighted by molar-refractivity contribution is 7.99. The second kappa shape index (κ2) is 49.7. The number of carbonyl (C=O) groups excluding carboxylic acids is 17. The highest BCUT2D eigenvalue weighted by Crippen LogP contribution is 2.30. The minimum atomic E-state index is -1.84. The lowest BCUT2D eigenvalue weighted by atomic mass is 9.90. The zero-order valence-corrected chi connectivity index (χ0v) is 77.1. The number of β-amino-alcohol motifs (C(OH)–C–C–N with tert-alkyl or cyclic N) is 1. The fraction of sp³-hybridized carbons (Fsp3) is 0.533. The molecule has 15 atom stereocenters. The Hall–Kier alpha value is -13.0. The smallest absolute Gasteiger partial charge is 0.303 e. The van der Waals surface area contributed by atoms with Crippen LogP contribution >= 0.6 is 11.8 Å². The fourth-order valence-corrected chi connectivity index (χ4v) is 18.2. The van der Waals surface area contributed by atoms with Gasteiger partial charge in [-0.15, -0.1) is 0 Å². The summed E-state index contributed by atoms with van der Waals surface area (Å²) in [6.45, 7) is 5.82. The van der Waals surface area contributed by atoms with Crippen molar-refractivity contribution in [1.82, 2.24) is 81.7 Å². The number of aromatic amines is 3. The number of benzene rings is 3. The molecule has 0 aliphatic carbocycles. The van der Waals surface area contributed by atoms with Crippen LogP contribution in [-0.4, -0.2) is 308 Å². The number of amides is 14. The zero-order chi connectivity index (χ0) is 97.9. The number of hydrogen-bond acceptors (Lipinski definition) is 24. The number of primary amides is 2. The molecule has 3 aromatic carbocycles. The van der Waals surface area contributed by atoms with E-state index in [1.54, 1.807) is 74.8 Å². The summed E-state index contributed by atoms with van der Waals surface area (Å²) in [5.74, 6) is -20.5.